The number of halogens is 2. The molecule has 1 saturated carbocycles. The smallest absolute Gasteiger partial charge is 0.166 e. The molecule has 1 aliphatic heterocycles. The van der Waals surface area contributed by atoms with E-state index in [9.17, 15) is 4.39 Å². The summed E-state index contributed by atoms with van der Waals surface area (Å²) in [6.45, 7) is 0.834. The second kappa shape index (κ2) is 8.23. The molecule has 1 fully saturated rings. The number of aromatic nitrogens is 3. The van der Waals surface area contributed by atoms with Crippen LogP contribution in [0.4, 0.5) is 10.2 Å². The first kappa shape index (κ1) is 20.4. The summed E-state index contributed by atoms with van der Waals surface area (Å²) in [5.41, 5.74) is 17.7. The number of nitrogens with two attached hydrogens (primary N) is 1. The fourth-order valence-electron chi connectivity index (χ4n) is 3.76. The van der Waals surface area contributed by atoms with Crippen LogP contribution in [-0.2, 0) is 13.0 Å². The number of hydrogen-bond donors (Lipinski definition) is 3. The molecule has 164 valence electrons. The molecule has 2 aliphatic rings. The van der Waals surface area contributed by atoms with Crippen LogP contribution in [0.1, 0.15) is 29.7 Å². The van der Waals surface area contributed by atoms with Gasteiger partial charge in [-0.05, 0) is 49.1 Å². The summed E-state index contributed by atoms with van der Waals surface area (Å²) in [5.74, 6) is 0.798. The van der Waals surface area contributed by atoms with Crippen LogP contribution >= 0.6 is 11.6 Å². The van der Waals surface area contributed by atoms with Crippen molar-refractivity contribution in [3.8, 4) is 11.4 Å². The number of benzene rings is 1. The van der Waals surface area contributed by atoms with Crippen molar-refractivity contribution >= 4 is 23.1 Å². The maximum atomic E-state index is 14.1. The van der Waals surface area contributed by atoms with E-state index in [4.69, 9.17) is 27.6 Å². The predicted octanol–water partition coefficient (Wildman–Crippen LogP) is 4.48. The van der Waals surface area contributed by atoms with Gasteiger partial charge in [-0.15, -0.1) is 0 Å². The van der Waals surface area contributed by atoms with E-state index in [-0.39, 0.29) is 24.0 Å². The fourth-order valence-corrected chi connectivity index (χ4v) is 3.96. The van der Waals surface area contributed by atoms with Crippen molar-refractivity contribution in [2.24, 2.45) is 11.0 Å². The predicted molar refractivity (Wildman–Crippen MR) is 118 cm³/mol. The van der Waals surface area contributed by atoms with E-state index in [0.717, 1.165) is 6.54 Å². The summed E-state index contributed by atoms with van der Waals surface area (Å²) >= 11 is 6.24. The van der Waals surface area contributed by atoms with Gasteiger partial charge in [-0.2, -0.15) is 10.2 Å². The molecule has 0 unspecified atom stereocenters. The molecule has 5 rings (SSSR count). The van der Waals surface area contributed by atoms with E-state index in [2.05, 4.69) is 20.5 Å². The zero-order chi connectivity index (χ0) is 22.2. The Kier molecular flexibility index (Phi) is 5.26. The molecule has 3 aromatic rings. The van der Waals surface area contributed by atoms with Crippen LogP contribution in [0.3, 0.4) is 0 Å². The third-order valence-corrected chi connectivity index (χ3v) is 5.80. The van der Waals surface area contributed by atoms with Gasteiger partial charge in [0, 0.05) is 30.3 Å². The summed E-state index contributed by atoms with van der Waals surface area (Å²) < 4.78 is 21.6. The van der Waals surface area contributed by atoms with E-state index in [1.165, 1.54) is 25.0 Å². The van der Waals surface area contributed by atoms with Crippen molar-refractivity contribution in [2.75, 3.05) is 12.3 Å². The number of nitrogens with one attached hydrogen (secondary N) is 2. The van der Waals surface area contributed by atoms with Crippen LogP contribution in [-0.4, -0.2) is 21.3 Å². The third kappa shape index (κ3) is 4.03. The second-order valence-electron chi connectivity index (χ2n) is 7.97. The quantitative estimate of drug-likeness (QED) is 0.504. The number of hydrogen-bond acceptors (Lipinski definition) is 7. The van der Waals surface area contributed by atoms with Crippen molar-refractivity contribution in [3.05, 3.63) is 70.0 Å². The van der Waals surface area contributed by atoms with Crippen LogP contribution in [0.5, 0.6) is 5.75 Å². The number of anilines is 1. The Hall–Kier alpha value is -3.46. The lowest BCUT2D eigenvalue weighted by molar-refractivity contribution is 0.305. The number of fused-ring (bicyclic) bond motifs is 5. The molecule has 0 spiro atoms. The molecule has 1 aromatic carbocycles. The summed E-state index contributed by atoms with van der Waals surface area (Å²) in [6.07, 6.45) is 4.27. The Morgan fingerprint density at radius 2 is 2.16 bits per heavy atom. The van der Waals surface area contributed by atoms with Gasteiger partial charge < -0.3 is 15.8 Å². The Morgan fingerprint density at radius 1 is 1.31 bits per heavy atom. The van der Waals surface area contributed by atoms with Crippen molar-refractivity contribution in [2.45, 2.75) is 25.9 Å². The minimum Gasteiger partial charge on any atom is -0.485 e. The van der Waals surface area contributed by atoms with Crippen molar-refractivity contribution in [1.29, 1.82) is 5.53 Å². The molecule has 0 saturated heterocycles. The van der Waals surface area contributed by atoms with E-state index >= 15 is 0 Å². The summed E-state index contributed by atoms with van der Waals surface area (Å²) in [4.78, 5) is 4.28. The first-order valence-corrected chi connectivity index (χ1v) is 10.7. The summed E-state index contributed by atoms with van der Waals surface area (Å²) in [7, 11) is 0. The fraction of sp³-hybridized carbons (Fsp3) is 0.273. The highest BCUT2D eigenvalue weighted by Crippen LogP contribution is 2.32. The molecule has 0 amide bonds. The van der Waals surface area contributed by atoms with Crippen LogP contribution < -0.4 is 15.8 Å². The lowest BCUT2D eigenvalue weighted by atomic mass is 10.1. The number of ether oxygens (including phenoxy) is 1. The van der Waals surface area contributed by atoms with Gasteiger partial charge >= 0.3 is 0 Å². The maximum absolute atomic E-state index is 14.1. The zero-order valence-electron chi connectivity index (χ0n) is 17.1. The standard InChI is InChI=1S/C22H21ClFN7O/c23-20-8-16-7-17(29-26)21(27-9-12-1-2-12)13-6-19(22(25)28-10-13)32-11-14-5-15(24)3-4-18(14)31(16)30-20/h3-6,8,10,12,26-27H,1-2,7,9,11H2,(H2,25,28)/b21-17-,29-26?. The summed E-state index contributed by atoms with van der Waals surface area (Å²) in [5, 5.41) is 12.0. The van der Waals surface area contributed by atoms with Gasteiger partial charge in [-0.25, -0.2) is 19.6 Å². The van der Waals surface area contributed by atoms with Gasteiger partial charge in [-0.1, -0.05) is 11.6 Å². The molecular formula is C22H21ClFN7O. The van der Waals surface area contributed by atoms with E-state index in [0.29, 0.717) is 45.6 Å². The number of nitrogens with zero attached hydrogens (tertiary/aromatic N) is 4. The minimum atomic E-state index is -0.396. The van der Waals surface area contributed by atoms with Gasteiger partial charge in [0.25, 0.3) is 0 Å². The highest BCUT2D eigenvalue weighted by molar-refractivity contribution is 6.29. The van der Waals surface area contributed by atoms with Gasteiger partial charge in [0.15, 0.2) is 16.7 Å². The first-order chi connectivity index (χ1) is 15.5. The average Bonchev–Trinajstić information content (AvgIpc) is 3.53. The molecule has 2 aromatic heterocycles. The highest BCUT2D eigenvalue weighted by Gasteiger charge is 2.24. The molecule has 8 nitrogen and oxygen atoms in total. The van der Waals surface area contributed by atoms with Gasteiger partial charge in [0.2, 0.25) is 0 Å². The zero-order valence-corrected chi connectivity index (χ0v) is 17.9. The molecule has 0 radical (unpaired) electrons. The van der Waals surface area contributed by atoms with Gasteiger partial charge in [-0.3, -0.25) is 0 Å². The average molecular weight is 454 g/mol. The molecule has 4 N–H and O–H groups in total. The van der Waals surface area contributed by atoms with Crippen molar-refractivity contribution in [3.63, 3.8) is 0 Å². The Morgan fingerprint density at radius 3 is 2.94 bits per heavy atom. The van der Waals surface area contributed by atoms with E-state index in [1.54, 1.807) is 29.1 Å². The Labute approximate surface area is 188 Å². The minimum absolute atomic E-state index is 0.0591. The number of nitrogen functional groups attached to an aromatic ring is 1. The normalized spacial score (nSPS) is 17.9. The lowest BCUT2D eigenvalue weighted by Crippen LogP contribution is -2.19. The topological polar surface area (TPSA) is 114 Å². The maximum Gasteiger partial charge on any atom is 0.166 e. The third-order valence-electron chi connectivity index (χ3n) is 5.61. The summed E-state index contributed by atoms with van der Waals surface area (Å²) in [6, 6.07) is 7.86. The number of allylic oxidation sites excluding steroid dienone is 1. The molecule has 0 atom stereocenters. The molecule has 2 bridgehead atoms. The molecule has 3 heterocycles. The molecule has 10 heteroatoms. The second-order valence-corrected chi connectivity index (χ2v) is 8.36. The monoisotopic (exact) mass is 453 g/mol. The first-order valence-electron chi connectivity index (χ1n) is 10.3. The molecular weight excluding hydrogens is 433 g/mol. The Balaban J connectivity index is 1.70. The number of rotatable bonds is 4. The SMILES string of the molecule is N=N/C1=C(\NCC2CC2)c2cnc(N)c(c2)OCc2cc(F)ccc2-n2nc(Cl)cc2C1. The Bertz CT molecular complexity index is 1240. The van der Waals surface area contributed by atoms with Crippen LogP contribution in [0.2, 0.25) is 5.15 Å². The van der Waals surface area contributed by atoms with E-state index in [1.807, 2.05) is 0 Å². The van der Waals surface area contributed by atoms with Crippen molar-refractivity contribution in [1.82, 2.24) is 20.1 Å². The van der Waals surface area contributed by atoms with Crippen molar-refractivity contribution < 1.29 is 9.13 Å². The molecule has 32 heavy (non-hydrogen) atoms. The van der Waals surface area contributed by atoms with Crippen LogP contribution in [0.15, 0.2) is 47.3 Å². The molecule has 1 aliphatic carbocycles. The van der Waals surface area contributed by atoms with E-state index < -0.39 is 5.82 Å². The highest BCUT2D eigenvalue weighted by atomic mass is 35.5. The largest absolute Gasteiger partial charge is 0.485 e. The lowest BCUT2D eigenvalue weighted by Gasteiger charge is -2.19. The number of pyridine rings is 1. The van der Waals surface area contributed by atoms with Gasteiger partial charge in [0.05, 0.1) is 22.8 Å². The van der Waals surface area contributed by atoms with Crippen LogP contribution in [0, 0.1) is 17.3 Å². The van der Waals surface area contributed by atoms with Gasteiger partial charge in [0.1, 0.15) is 12.4 Å². The van der Waals surface area contributed by atoms with Crippen LogP contribution in [0.25, 0.3) is 11.4 Å².